The molecule has 1 amide bonds. The Hall–Kier alpha value is -2.24. The minimum Gasteiger partial charge on any atom is -0.469 e. The lowest BCUT2D eigenvalue weighted by Crippen LogP contribution is -2.26. The highest BCUT2D eigenvalue weighted by Gasteiger charge is 2.30. The van der Waals surface area contributed by atoms with E-state index < -0.39 is 0 Å². The fourth-order valence-corrected chi connectivity index (χ4v) is 2.06. The summed E-state index contributed by atoms with van der Waals surface area (Å²) >= 11 is 0. The summed E-state index contributed by atoms with van der Waals surface area (Å²) in [5.41, 5.74) is 7.61. The smallest absolute Gasteiger partial charge is 0.273 e. The minimum absolute atomic E-state index is 0.243. The molecular formula is C13H16N4O2. The number of carbonyl (C=O) groups is 1. The third-order valence-electron chi connectivity index (χ3n) is 3.27. The summed E-state index contributed by atoms with van der Waals surface area (Å²) in [7, 11) is 0. The first-order valence-corrected chi connectivity index (χ1v) is 6.40. The zero-order valence-electron chi connectivity index (χ0n) is 10.5. The molecule has 0 aliphatic heterocycles. The first-order chi connectivity index (χ1) is 9.25. The Morgan fingerprint density at radius 2 is 2.42 bits per heavy atom. The van der Waals surface area contributed by atoms with Crippen molar-refractivity contribution < 1.29 is 9.21 Å². The molecular weight excluding hydrogens is 244 g/mol. The number of amides is 1. The van der Waals surface area contributed by atoms with E-state index in [-0.39, 0.29) is 5.91 Å². The van der Waals surface area contributed by atoms with E-state index in [1.165, 1.54) is 0 Å². The van der Waals surface area contributed by atoms with Crippen LogP contribution in [0.25, 0.3) is 0 Å². The normalized spacial score (nSPS) is 14.5. The average Bonchev–Trinajstić information content (AvgIpc) is 2.96. The van der Waals surface area contributed by atoms with E-state index in [0.29, 0.717) is 30.3 Å². The number of nitrogens with zero attached hydrogens (tertiary/aromatic N) is 1. The van der Waals surface area contributed by atoms with E-state index in [1.807, 2.05) is 12.1 Å². The molecule has 0 aromatic carbocycles. The number of hydrogen-bond donors (Lipinski definition) is 3. The molecule has 6 heteroatoms. The number of aromatic amines is 1. The Morgan fingerprint density at radius 1 is 1.58 bits per heavy atom. The highest BCUT2D eigenvalue weighted by Crippen LogP contribution is 2.42. The summed E-state index contributed by atoms with van der Waals surface area (Å²) in [6, 6.07) is 3.70. The van der Waals surface area contributed by atoms with Crippen molar-refractivity contribution in [3.05, 3.63) is 35.5 Å². The molecule has 0 spiro atoms. The van der Waals surface area contributed by atoms with Crippen molar-refractivity contribution in [2.45, 2.75) is 25.2 Å². The second-order valence-corrected chi connectivity index (χ2v) is 4.76. The van der Waals surface area contributed by atoms with Gasteiger partial charge >= 0.3 is 0 Å². The SMILES string of the molecule is Nc1c(C(=O)NCCc2ccco2)n[nH]c1C1CC1. The largest absolute Gasteiger partial charge is 0.469 e. The average molecular weight is 260 g/mol. The topological polar surface area (TPSA) is 96.9 Å². The molecule has 1 aliphatic carbocycles. The number of nitrogens with two attached hydrogens (primary N) is 1. The van der Waals surface area contributed by atoms with Gasteiger partial charge in [0.15, 0.2) is 5.69 Å². The fourth-order valence-electron chi connectivity index (χ4n) is 2.06. The molecule has 1 aliphatic rings. The highest BCUT2D eigenvalue weighted by molar-refractivity contribution is 5.97. The van der Waals surface area contributed by atoms with Crippen LogP contribution in [0.5, 0.6) is 0 Å². The first-order valence-electron chi connectivity index (χ1n) is 6.40. The molecule has 0 saturated heterocycles. The number of furan rings is 1. The van der Waals surface area contributed by atoms with Gasteiger partial charge in [0.25, 0.3) is 5.91 Å². The van der Waals surface area contributed by atoms with Gasteiger partial charge in [-0.05, 0) is 25.0 Å². The first kappa shape index (κ1) is 11.8. The van der Waals surface area contributed by atoms with Crippen LogP contribution in [0.1, 0.15) is 40.7 Å². The zero-order valence-corrected chi connectivity index (χ0v) is 10.5. The Bertz CT molecular complexity index is 569. The number of anilines is 1. The van der Waals surface area contributed by atoms with Crippen LogP contribution in [0.3, 0.4) is 0 Å². The molecule has 2 aromatic rings. The van der Waals surface area contributed by atoms with Crippen molar-refractivity contribution in [2.75, 3.05) is 12.3 Å². The Kier molecular flexibility index (Phi) is 2.98. The molecule has 1 saturated carbocycles. The maximum atomic E-state index is 11.9. The molecule has 100 valence electrons. The molecule has 2 heterocycles. The quantitative estimate of drug-likeness (QED) is 0.757. The molecule has 6 nitrogen and oxygen atoms in total. The summed E-state index contributed by atoms with van der Waals surface area (Å²) in [5, 5.41) is 9.66. The molecule has 0 atom stereocenters. The molecule has 2 aromatic heterocycles. The lowest BCUT2D eigenvalue weighted by molar-refractivity contribution is 0.0949. The second kappa shape index (κ2) is 4.79. The lowest BCUT2D eigenvalue weighted by Gasteiger charge is -2.02. The van der Waals surface area contributed by atoms with Crippen molar-refractivity contribution in [2.24, 2.45) is 0 Å². The maximum absolute atomic E-state index is 11.9. The number of rotatable bonds is 5. The van der Waals surface area contributed by atoms with Gasteiger partial charge in [0.1, 0.15) is 5.76 Å². The predicted molar refractivity (Wildman–Crippen MR) is 69.7 cm³/mol. The number of carbonyl (C=O) groups excluding carboxylic acids is 1. The third kappa shape index (κ3) is 2.47. The molecule has 0 radical (unpaired) electrons. The van der Waals surface area contributed by atoms with Crippen molar-refractivity contribution >= 4 is 11.6 Å². The van der Waals surface area contributed by atoms with Crippen LogP contribution < -0.4 is 11.1 Å². The monoisotopic (exact) mass is 260 g/mol. The summed E-state index contributed by atoms with van der Waals surface area (Å²) < 4.78 is 5.19. The van der Waals surface area contributed by atoms with E-state index in [1.54, 1.807) is 6.26 Å². The molecule has 4 N–H and O–H groups in total. The van der Waals surface area contributed by atoms with E-state index >= 15 is 0 Å². The van der Waals surface area contributed by atoms with E-state index in [0.717, 1.165) is 24.3 Å². The van der Waals surface area contributed by atoms with Crippen molar-refractivity contribution in [3.8, 4) is 0 Å². The van der Waals surface area contributed by atoms with Crippen molar-refractivity contribution in [1.29, 1.82) is 0 Å². The Morgan fingerprint density at radius 3 is 3.11 bits per heavy atom. The molecule has 0 unspecified atom stereocenters. The standard InChI is InChI=1S/C13H16N4O2/c14-10-11(8-3-4-8)16-17-12(10)13(18)15-6-5-9-2-1-7-19-9/h1-2,7-8H,3-6,14H2,(H,15,18)(H,16,17). The van der Waals surface area contributed by atoms with Gasteiger partial charge in [-0.2, -0.15) is 5.10 Å². The summed E-state index contributed by atoms with van der Waals surface area (Å²) in [5.74, 6) is 1.05. The third-order valence-corrected chi connectivity index (χ3v) is 3.27. The van der Waals surface area contributed by atoms with Crippen LogP contribution in [0.4, 0.5) is 5.69 Å². The van der Waals surface area contributed by atoms with E-state index in [2.05, 4.69) is 15.5 Å². The van der Waals surface area contributed by atoms with Gasteiger partial charge < -0.3 is 15.5 Å². The summed E-state index contributed by atoms with van der Waals surface area (Å²) in [4.78, 5) is 11.9. The van der Waals surface area contributed by atoms with Gasteiger partial charge in [0.2, 0.25) is 0 Å². The highest BCUT2D eigenvalue weighted by atomic mass is 16.3. The van der Waals surface area contributed by atoms with Crippen molar-refractivity contribution in [3.63, 3.8) is 0 Å². The summed E-state index contributed by atoms with van der Waals surface area (Å²) in [6.07, 6.45) is 4.50. The van der Waals surface area contributed by atoms with E-state index in [4.69, 9.17) is 10.2 Å². The lowest BCUT2D eigenvalue weighted by atomic mass is 10.2. The van der Waals surface area contributed by atoms with Crippen LogP contribution in [0.15, 0.2) is 22.8 Å². The van der Waals surface area contributed by atoms with Gasteiger partial charge in [-0.15, -0.1) is 0 Å². The van der Waals surface area contributed by atoms with Gasteiger partial charge in [-0.3, -0.25) is 9.89 Å². The number of H-pyrrole nitrogens is 1. The zero-order chi connectivity index (χ0) is 13.2. The van der Waals surface area contributed by atoms with Crippen LogP contribution >= 0.6 is 0 Å². The number of nitrogens with one attached hydrogen (secondary N) is 2. The van der Waals surface area contributed by atoms with Gasteiger partial charge in [-0.1, -0.05) is 0 Å². The van der Waals surface area contributed by atoms with Crippen molar-refractivity contribution in [1.82, 2.24) is 15.5 Å². The molecule has 1 fully saturated rings. The van der Waals surface area contributed by atoms with Crippen LogP contribution in [0.2, 0.25) is 0 Å². The molecule has 19 heavy (non-hydrogen) atoms. The minimum atomic E-state index is -0.243. The number of hydrogen-bond acceptors (Lipinski definition) is 4. The Labute approximate surface area is 110 Å². The predicted octanol–water partition coefficient (Wildman–Crippen LogP) is 1.43. The fraction of sp³-hybridized carbons (Fsp3) is 0.385. The Balaban J connectivity index is 1.57. The van der Waals surface area contributed by atoms with E-state index in [9.17, 15) is 4.79 Å². The number of nitrogen functional groups attached to an aromatic ring is 1. The molecule has 0 bridgehead atoms. The molecule has 3 rings (SSSR count). The second-order valence-electron chi connectivity index (χ2n) is 4.76. The van der Waals surface area contributed by atoms with Gasteiger partial charge in [-0.25, -0.2) is 0 Å². The maximum Gasteiger partial charge on any atom is 0.273 e. The van der Waals surface area contributed by atoms with Gasteiger partial charge in [0.05, 0.1) is 17.6 Å². The van der Waals surface area contributed by atoms with Crippen LogP contribution in [-0.4, -0.2) is 22.6 Å². The summed E-state index contributed by atoms with van der Waals surface area (Å²) in [6.45, 7) is 0.497. The van der Waals surface area contributed by atoms with Crippen LogP contribution in [-0.2, 0) is 6.42 Å². The number of aromatic nitrogens is 2. The van der Waals surface area contributed by atoms with Crippen LogP contribution in [0, 0.1) is 0 Å². The van der Waals surface area contributed by atoms with Gasteiger partial charge in [0, 0.05) is 18.9 Å².